The van der Waals surface area contributed by atoms with E-state index < -0.39 is 0 Å². The molecule has 0 aliphatic carbocycles. The van der Waals surface area contributed by atoms with Crippen LogP contribution in [0.15, 0.2) is 5.38 Å². The van der Waals surface area contributed by atoms with Crippen LogP contribution in [0.4, 0.5) is 4.79 Å². The van der Waals surface area contributed by atoms with Gasteiger partial charge in [-0.2, -0.15) is 0 Å². The highest BCUT2D eigenvalue weighted by molar-refractivity contribution is 7.09. The van der Waals surface area contributed by atoms with E-state index in [9.17, 15) is 9.59 Å². The second-order valence-electron chi connectivity index (χ2n) is 6.98. The van der Waals surface area contributed by atoms with E-state index in [-0.39, 0.29) is 18.0 Å². The normalized spacial score (nSPS) is 21.0. The number of rotatable bonds is 6. The average molecular weight is 365 g/mol. The SMILES string of the molecule is Cc1csc(CCNC(=O)N2CCCC[C@@H]2CCN2CCCC2=O)n1. The number of hydrogen-bond donors (Lipinski definition) is 1. The van der Waals surface area contributed by atoms with E-state index in [4.69, 9.17) is 0 Å². The summed E-state index contributed by atoms with van der Waals surface area (Å²) in [6, 6.07) is 0.287. The largest absolute Gasteiger partial charge is 0.343 e. The fraction of sp³-hybridized carbons (Fsp3) is 0.722. The van der Waals surface area contributed by atoms with Crippen molar-refractivity contribution in [1.29, 1.82) is 0 Å². The Balaban J connectivity index is 1.45. The molecule has 0 radical (unpaired) electrons. The molecule has 1 atom stereocenters. The highest BCUT2D eigenvalue weighted by atomic mass is 32.1. The molecule has 2 fully saturated rings. The van der Waals surface area contributed by atoms with E-state index >= 15 is 0 Å². The van der Waals surface area contributed by atoms with Gasteiger partial charge in [0.2, 0.25) is 5.91 Å². The molecule has 3 heterocycles. The second-order valence-corrected chi connectivity index (χ2v) is 7.92. The topological polar surface area (TPSA) is 65.5 Å². The van der Waals surface area contributed by atoms with Crippen LogP contribution < -0.4 is 5.32 Å². The van der Waals surface area contributed by atoms with Crippen molar-refractivity contribution in [2.45, 2.75) is 57.9 Å². The van der Waals surface area contributed by atoms with Gasteiger partial charge in [0.05, 0.1) is 5.01 Å². The number of amides is 3. The number of urea groups is 1. The summed E-state index contributed by atoms with van der Waals surface area (Å²) in [7, 11) is 0. The van der Waals surface area contributed by atoms with E-state index in [1.165, 1.54) is 6.42 Å². The zero-order chi connectivity index (χ0) is 17.6. The van der Waals surface area contributed by atoms with Gasteiger partial charge in [-0.25, -0.2) is 9.78 Å². The maximum atomic E-state index is 12.6. The molecule has 0 bridgehead atoms. The summed E-state index contributed by atoms with van der Waals surface area (Å²) in [6.45, 7) is 5.10. The van der Waals surface area contributed by atoms with Crippen LogP contribution in [0.2, 0.25) is 0 Å². The summed E-state index contributed by atoms with van der Waals surface area (Å²) in [5.74, 6) is 0.269. The molecule has 1 aromatic heterocycles. The molecule has 2 aliphatic rings. The number of carbonyl (C=O) groups is 2. The molecule has 1 N–H and O–H groups in total. The number of nitrogens with zero attached hydrogens (tertiary/aromatic N) is 3. The van der Waals surface area contributed by atoms with Gasteiger partial charge in [0.15, 0.2) is 0 Å². The van der Waals surface area contributed by atoms with E-state index in [1.807, 2.05) is 22.1 Å². The van der Waals surface area contributed by atoms with Crippen molar-refractivity contribution < 1.29 is 9.59 Å². The molecule has 2 saturated heterocycles. The molecule has 3 rings (SSSR count). The van der Waals surface area contributed by atoms with Crippen molar-refractivity contribution in [2.75, 3.05) is 26.2 Å². The minimum atomic E-state index is 0.0331. The third kappa shape index (κ3) is 4.93. The van der Waals surface area contributed by atoms with Gasteiger partial charge in [0.1, 0.15) is 0 Å². The lowest BCUT2D eigenvalue weighted by molar-refractivity contribution is -0.127. The van der Waals surface area contributed by atoms with Crippen LogP contribution in [-0.2, 0) is 11.2 Å². The zero-order valence-corrected chi connectivity index (χ0v) is 15.8. The summed E-state index contributed by atoms with van der Waals surface area (Å²) >= 11 is 1.65. The first-order valence-electron chi connectivity index (χ1n) is 9.37. The molecule has 7 heteroatoms. The average Bonchev–Trinajstić information content (AvgIpc) is 3.21. The van der Waals surface area contributed by atoms with E-state index in [2.05, 4.69) is 10.3 Å². The summed E-state index contributed by atoms with van der Waals surface area (Å²) in [4.78, 5) is 32.7. The van der Waals surface area contributed by atoms with Crippen LogP contribution >= 0.6 is 11.3 Å². The van der Waals surface area contributed by atoms with Crippen LogP contribution in [0, 0.1) is 6.92 Å². The van der Waals surface area contributed by atoms with Gasteiger partial charge in [0, 0.05) is 56.1 Å². The Bertz CT molecular complexity index is 604. The number of nitrogens with one attached hydrogen (secondary N) is 1. The van der Waals surface area contributed by atoms with Crippen LogP contribution in [0.3, 0.4) is 0 Å². The predicted molar refractivity (Wildman–Crippen MR) is 98.7 cm³/mol. The monoisotopic (exact) mass is 364 g/mol. The number of likely N-dealkylation sites (tertiary alicyclic amines) is 2. The van der Waals surface area contributed by atoms with Gasteiger partial charge < -0.3 is 15.1 Å². The maximum absolute atomic E-state index is 12.6. The molecule has 6 nitrogen and oxygen atoms in total. The lowest BCUT2D eigenvalue weighted by Gasteiger charge is -2.36. The number of hydrogen-bond acceptors (Lipinski definition) is 4. The first-order valence-corrected chi connectivity index (χ1v) is 10.2. The summed E-state index contributed by atoms with van der Waals surface area (Å²) in [5, 5.41) is 6.16. The fourth-order valence-corrected chi connectivity index (χ4v) is 4.48. The fourth-order valence-electron chi connectivity index (χ4n) is 3.71. The van der Waals surface area contributed by atoms with Gasteiger partial charge in [0.25, 0.3) is 0 Å². The summed E-state index contributed by atoms with van der Waals surface area (Å²) in [6.07, 6.45) is 6.62. The lowest BCUT2D eigenvalue weighted by Crippen LogP contribution is -2.50. The standard InChI is InChI=1S/C18H28N4O2S/c1-14-13-25-16(20-14)7-9-19-18(24)22-11-3-2-5-15(22)8-12-21-10-4-6-17(21)23/h13,15H,2-12H2,1H3,(H,19,24)/t15-/m1/s1. The Labute approximate surface area is 153 Å². The maximum Gasteiger partial charge on any atom is 0.317 e. The Morgan fingerprint density at radius 2 is 2.24 bits per heavy atom. The molecule has 0 aromatic carbocycles. The molecule has 0 saturated carbocycles. The molecular formula is C18H28N4O2S. The first kappa shape index (κ1) is 18.2. The number of aryl methyl sites for hydroxylation is 1. The molecule has 2 aliphatic heterocycles. The van der Waals surface area contributed by atoms with Gasteiger partial charge in [-0.05, 0) is 39.0 Å². The molecule has 1 aromatic rings. The number of aromatic nitrogens is 1. The highest BCUT2D eigenvalue weighted by Crippen LogP contribution is 2.21. The number of thiazole rings is 1. The Kier molecular flexibility index (Phi) is 6.29. The van der Waals surface area contributed by atoms with Crippen molar-refractivity contribution >= 4 is 23.3 Å². The first-order chi connectivity index (χ1) is 12.1. The third-order valence-corrected chi connectivity index (χ3v) is 6.10. The predicted octanol–water partition coefficient (Wildman–Crippen LogP) is 2.57. The summed E-state index contributed by atoms with van der Waals surface area (Å²) in [5.41, 5.74) is 1.04. The van der Waals surface area contributed by atoms with E-state index in [1.54, 1.807) is 11.3 Å². The van der Waals surface area contributed by atoms with Gasteiger partial charge >= 0.3 is 6.03 Å². The Morgan fingerprint density at radius 3 is 2.96 bits per heavy atom. The highest BCUT2D eigenvalue weighted by Gasteiger charge is 2.28. The minimum absolute atomic E-state index is 0.0331. The van der Waals surface area contributed by atoms with E-state index in [0.717, 1.165) is 62.4 Å². The quantitative estimate of drug-likeness (QED) is 0.844. The Morgan fingerprint density at radius 1 is 1.36 bits per heavy atom. The minimum Gasteiger partial charge on any atom is -0.343 e. The molecular weight excluding hydrogens is 336 g/mol. The molecule has 0 unspecified atom stereocenters. The van der Waals surface area contributed by atoms with Crippen LogP contribution in [0.5, 0.6) is 0 Å². The molecule has 3 amide bonds. The van der Waals surface area contributed by atoms with Crippen LogP contribution in [0.1, 0.15) is 49.2 Å². The van der Waals surface area contributed by atoms with Gasteiger partial charge in [-0.1, -0.05) is 0 Å². The molecule has 0 spiro atoms. The zero-order valence-electron chi connectivity index (χ0n) is 15.0. The Hall–Kier alpha value is -1.63. The molecule has 25 heavy (non-hydrogen) atoms. The summed E-state index contributed by atoms with van der Waals surface area (Å²) < 4.78 is 0. The van der Waals surface area contributed by atoms with Crippen molar-refractivity contribution in [3.63, 3.8) is 0 Å². The van der Waals surface area contributed by atoms with Gasteiger partial charge in [-0.15, -0.1) is 11.3 Å². The van der Waals surface area contributed by atoms with Crippen LogP contribution in [0.25, 0.3) is 0 Å². The van der Waals surface area contributed by atoms with Crippen molar-refractivity contribution in [3.05, 3.63) is 16.1 Å². The number of piperidine rings is 1. The lowest BCUT2D eigenvalue weighted by atomic mass is 9.99. The number of carbonyl (C=O) groups excluding carboxylic acids is 2. The second kappa shape index (κ2) is 8.65. The molecule has 138 valence electrons. The van der Waals surface area contributed by atoms with Gasteiger partial charge in [-0.3, -0.25) is 4.79 Å². The third-order valence-electron chi connectivity index (χ3n) is 5.07. The van der Waals surface area contributed by atoms with E-state index in [0.29, 0.717) is 13.0 Å². The smallest absolute Gasteiger partial charge is 0.317 e. The van der Waals surface area contributed by atoms with Crippen molar-refractivity contribution in [1.82, 2.24) is 20.1 Å². The van der Waals surface area contributed by atoms with Crippen LogP contribution in [-0.4, -0.2) is 58.9 Å². The van der Waals surface area contributed by atoms with Crippen molar-refractivity contribution in [2.24, 2.45) is 0 Å². The van der Waals surface area contributed by atoms with Crippen molar-refractivity contribution in [3.8, 4) is 0 Å².